The topological polar surface area (TPSA) is 107 Å². The largest absolute Gasteiger partial charge is 0.454 e. The van der Waals surface area contributed by atoms with Gasteiger partial charge >= 0.3 is 5.97 Å². The second-order valence-corrected chi connectivity index (χ2v) is 8.91. The number of hydrogen-bond acceptors (Lipinski definition) is 7. The molecule has 0 radical (unpaired) electrons. The van der Waals surface area contributed by atoms with Crippen LogP contribution in [0.3, 0.4) is 0 Å². The fourth-order valence-corrected chi connectivity index (χ4v) is 5.98. The summed E-state index contributed by atoms with van der Waals surface area (Å²) >= 11 is 0. The van der Waals surface area contributed by atoms with Gasteiger partial charge in [0.25, 0.3) is 5.91 Å². The molecule has 4 aliphatic carbocycles. The lowest BCUT2D eigenvalue weighted by molar-refractivity contribution is -0.144. The molecule has 2 aromatic rings. The Bertz CT molecular complexity index is 950. The number of carbonyl (C=O) groups excluding carboxylic acids is 2. The first-order valence-corrected chi connectivity index (χ1v) is 10.0. The lowest BCUT2D eigenvalue weighted by Crippen LogP contribution is -2.66. The fraction of sp³-hybridized carbons (Fsp3) is 0.524. The van der Waals surface area contributed by atoms with E-state index in [1.807, 2.05) is 6.92 Å². The highest BCUT2D eigenvalue weighted by atomic mass is 16.6. The number of ether oxygens (including phenoxy) is 1. The predicted octanol–water partition coefficient (Wildman–Crippen LogP) is 2.25. The van der Waals surface area contributed by atoms with Crippen molar-refractivity contribution in [2.45, 2.75) is 56.6 Å². The first kappa shape index (κ1) is 18.1. The van der Waals surface area contributed by atoms with Gasteiger partial charge in [0.15, 0.2) is 5.69 Å². The standard InChI is InChI=1S/C21H23N5O3/c1-13-9-23-10-17(25-13)18(27)26-20-5-14-4-15(6-20)8-21(7-14,11-20)29-19(28)16-2-3-22-12-24-16/h2-3,9-10,12,14-15H,4-8,11H2,1H3,(H,26,27). The van der Waals surface area contributed by atoms with Crippen LogP contribution in [0, 0.1) is 18.8 Å². The number of nitrogens with one attached hydrogen (secondary N) is 1. The van der Waals surface area contributed by atoms with Crippen molar-refractivity contribution in [3.63, 3.8) is 0 Å². The number of aryl methyl sites for hydroxylation is 1. The maximum Gasteiger partial charge on any atom is 0.357 e. The van der Waals surface area contributed by atoms with Crippen molar-refractivity contribution in [2.24, 2.45) is 11.8 Å². The van der Waals surface area contributed by atoms with E-state index in [4.69, 9.17) is 4.74 Å². The number of rotatable bonds is 4. The average molecular weight is 393 g/mol. The van der Waals surface area contributed by atoms with Crippen molar-refractivity contribution in [1.82, 2.24) is 25.3 Å². The molecule has 4 saturated carbocycles. The molecular weight excluding hydrogens is 370 g/mol. The third-order valence-corrected chi connectivity index (χ3v) is 6.47. The molecule has 4 fully saturated rings. The summed E-state index contributed by atoms with van der Waals surface area (Å²) in [7, 11) is 0. The highest BCUT2D eigenvalue weighted by Crippen LogP contribution is 2.59. The Morgan fingerprint density at radius 1 is 1.10 bits per heavy atom. The molecule has 8 nitrogen and oxygen atoms in total. The monoisotopic (exact) mass is 393 g/mol. The van der Waals surface area contributed by atoms with E-state index in [-0.39, 0.29) is 17.1 Å². The zero-order chi connectivity index (χ0) is 20.1. The summed E-state index contributed by atoms with van der Waals surface area (Å²) in [4.78, 5) is 41.8. The normalized spacial score (nSPS) is 32.0. The van der Waals surface area contributed by atoms with Crippen molar-refractivity contribution in [3.8, 4) is 0 Å². The van der Waals surface area contributed by atoms with E-state index in [0.29, 0.717) is 29.6 Å². The van der Waals surface area contributed by atoms with Gasteiger partial charge in [-0.25, -0.2) is 19.7 Å². The Hall–Kier alpha value is -2.90. The zero-order valence-electron chi connectivity index (χ0n) is 16.3. The van der Waals surface area contributed by atoms with Gasteiger partial charge in [-0.15, -0.1) is 0 Å². The Kier molecular flexibility index (Phi) is 4.11. The van der Waals surface area contributed by atoms with Crippen molar-refractivity contribution in [2.75, 3.05) is 0 Å². The minimum Gasteiger partial charge on any atom is -0.454 e. The predicted molar refractivity (Wildman–Crippen MR) is 102 cm³/mol. The summed E-state index contributed by atoms with van der Waals surface area (Å²) in [6, 6.07) is 1.57. The molecule has 2 atom stereocenters. The van der Waals surface area contributed by atoms with Crippen LogP contribution < -0.4 is 5.32 Å². The lowest BCUT2D eigenvalue weighted by atomic mass is 9.51. The minimum atomic E-state index is -0.544. The van der Waals surface area contributed by atoms with Crippen LogP contribution in [-0.2, 0) is 4.74 Å². The van der Waals surface area contributed by atoms with Gasteiger partial charge in [0.05, 0.1) is 11.9 Å². The van der Waals surface area contributed by atoms with Gasteiger partial charge in [0.2, 0.25) is 0 Å². The molecular formula is C21H23N5O3. The molecule has 0 aromatic carbocycles. The fourth-order valence-electron chi connectivity index (χ4n) is 5.98. The highest BCUT2D eigenvalue weighted by molar-refractivity contribution is 5.92. The number of esters is 1. The van der Waals surface area contributed by atoms with Gasteiger partial charge in [-0.2, -0.15) is 0 Å². The lowest BCUT2D eigenvalue weighted by Gasteiger charge is -2.61. The number of aromatic nitrogens is 4. The zero-order valence-corrected chi connectivity index (χ0v) is 16.3. The van der Waals surface area contributed by atoms with Crippen LogP contribution in [0.25, 0.3) is 0 Å². The molecule has 2 unspecified atom stereocenters. The van der Waals surface area contributed by atoms with E-state index < -0.39 is 11.6 Å². The molecule has 0 aliphatic heterocycles. The maximum atomic E-state index is 12.9. The molecule has 4 aliphatic rings. The van der Waals surface area contributed by atoms with Crippen LogP contribution in [-0.4, -0.2) is 43.0 Å². The van der Waals surface area contributed by atoms with Crippen LogP contribution in [0.2, 0.25) is 0 Å². The second-order valence-electron chi connectivity index (χ2n) is 8.91. The van der Waals surface area contributed by atoms with Gasteiger partial charge in [-0.3, -0.25) is 9.78 Å². The molecule has 1 amide bonds. The van der Waals surface area contributed by atoms with Crippen molar-refractivity contribution < 1.29 is 14.3 Å². The van der Waals surface area contributed by atoms with Crippen molar-refractivity contribution >= 4 is 11.9 Å². The van der Waals surface area contributed by atoms with Crippen LogP contribution in [0.15, 0.2) is 31.0 Å². The van der Waals surface area contributed by atoms with E-state index in [9.17, 15) is 9.59 Å². The Morgan fingerprint density at radius 2 is 1.90 bits per heavy atom. The van der Waals surface area contributed by atoms with Gasteiger partial charge in [0.1, 0.15) is 17.6 Å². The van der Waals surface area contributed by atoms with E-state index in [2.05, 4.69) is 25.3 Å². The Balaban J connectivity index is 1.38. The Morgan fingerprint density at radius 3 is 2.59 bits per heavy atom. The van der Waals surface area contributed by atoms with Crippen LogP contribution in [0.1, 0.15) is 65.2 Å². The Labute approximate surface area is 168 Å². The minimum absolute atomic E-state index is 0.208. The third kappa shape index (κ3) is 3.36. The van der Waals surface area contributed by atoms with E-state index in [1.165, 1.54) is 18.7 Å². The van der Waals surface area contributed by atoms with Gasteiger partial charge in [0, 0.05) is 24.4 Å². The summed E-state index contributed by atoms with van der Waals surface area (Å²) in [5, 5.41) is 3.25. The summed E-state index contributed by atoms with van der Waals surface area (Å²) < 4.78 is 6.06. The molecule has 150 valence electrons. The second kappa shape index (κ2) is 6.57. The molecule has 1 N–H and O–H groups in total. The molecule has 8 heteroatoms. The van der Waals surface area contributed by atoms with Crippen LogP contribution >= 0.6 is 0 Å². The van der Waals surface area contributed by atoms with Gasteiger partial charge in [-0.05, 0) is 56.9 Å². The third-order valence-electron chi connectivity index (χ3n) is 6.47. The number of nitrogens with zero attached hydrogens (tertiary/aromatic N) is 4. The van der Waals surface area contributed by atoms with E-state index >= 15 is 0 Å². The quantitative estimate of drug-likeness (QED) is 0.794. The van der Waals surface area contributed by atoms with Crippen molar-refractivity contribution in [1.29, 1.82) is 0 Å². The van der Waals surface area contributed by atoms with E-state index in [1.54, 1.807) is 12.3 Å². The van der Waals surface area contributed by atoms with Crippen LogP contribution in [0.4, 0.5) is 0 Å². The first-order valence-electron chi connectivity index (χ1n) is 10.0. The SMILES string of the molecule is Cc1cncc(C(=O)NC23CC4CC(C2)CC(OC(=O)c2ccncn2)(C4)C3)n1. The molecule has 0 saturated heterocycles. The summed E-state index contributed by atoms with van der Waals surface area (Å²) in [5.41, 5.74) is 0.394. The summed E-state index contributed by atoms with van der Waals surface area (Å²) in [6.45, 7) is 1.82. The molecule has 0 spiro atoms. The molecule has 4 bridgehead atoms. The summed E-state index contributed by atoms with van der Waals surface area (Å²) in [5.74, 6) is 0.262. The highest BCUT2D eigenvalue weighted by Gasteiger charge is 2.60. The molecule has 2 heterocycles. The average Bonchev–Trinajstić information content (AvgIpc) is 2.67. The molecule has 2 aromatic heterocycles. The maximum absolute atomic E-state index is 12.9. The van der Waals surface area contributed by atoms with Crippen LogP contribution in [0.5, 0.6) is 0 Å². The number of amides is 1. The van der Waals surface area contributed by atoms with Crippen molar-refractivity contribution in [3.05, 3.63) is 48.1 Å². The van der Waals surface area contributed by atoms with Gasteiger partial charge in [-0.1, -0.05) is 0 Å². The van der Waals surface area contributed by atoms with Gasteiger partial charge < -0.3 is 10.1 Å². The molecule has 29 heavy (non-hydrogen) atoms. The number of hydrogen-bond donors (Lipinski definition) is 1. The number of carbonyl (C=O) groups is 2. The smallest absolute Gasteiger partial charge is 0.357 e. The molecule has 6 rings (SSSR count). The summed E-state index contributed by atoms with van der Waals surface area (Å²) in [6.07, 6.45) is 11.3. The first-order chi connectivity index (χ1) is 13.9. The van der Waals surface area contributed by atoms with E-state index in [0.717, 1.165) is 32.1 Å².